The summed E-state index contributed by atoms with van der Waals surface area (Å²) in [7, 11) is -3.80. The van der Waals surface area contributed by atoms with Crippen LogP contribution in [0.2, 0.25) is 0 Å². The Morgan fingerprint density at radius 3 is 2.10 bits per heavy atom. The fraction of sp³-hybridized carbons (Fsp3) is 0.533. The van der Waals surface area contributed by atoms with E-state index in [0.29, 0.717) is 0 Å². The molecule has 1 fully saturated rings. The molecule has 0 atom stereocenters. The van der Waals surface area contributed by atoms with Crippen molar-refractivity contribution in [2.24, 2.45) is 5.41 Å². The number of amides is 1. The van der Waals surface area contributed by atoms with Crippen molar-refractivity contribution in [1.29, 1.82) is 0 Å². The molecule has 116 valence electrons. The fourth-order valence-electron chi connectivity index (χ4n) is 2.15. The molecule has 6 heteroatoms. The summed E-state index contributed by atoms with van der Waals surface area (Å²) in [6.45, 7) is 7.04. The Bertz CT molecular complexity index is 609. The monoisotopic (exact) mass is 310 g/mol. The number of nitrogens with zero attached hydrogens (tertiary/aromatic N) is 1. The molecule has 1 heterocycles. The molecule has 1 aromatic rings. The first-order chi connectivity index (χ1) is 9.70. The molecule has 0 saturated carbocycles. The van der Waals surface area contributed by atoms with E-state index in [4.69, 9.17) is 0 Å². The molecule has 0 unspecified atom stereocenters. The Hall–Kier alpha value is -1.56. The number of sulfonamides is 1. The predicted molar refractivity (Wildman–Crippen MR) is 82.7 cm³/mol. The maximum absolute atomic E-state index is 12.2. The lowest BCUT2D eigenvalue weighted by molar-refractivity contribution is -0.126. The molecule has 0 aromatic heterocycles. The quantitative estimate of drug-likeness (QED) is 0.929. The highest BCUT2D eigenvalue weighted by Gasteiger charge is 2.27. The minimum absolute atomic E-state index is 0.114. The van der Waals surface area contributed by atoms with Gasteiger partial charge in [-0.15, -0.1) is 0 Å². The van der Waals surface area contributed by atoms with Gasteiger partial charge in [0.15, 0.2) is 0 Å². The van der Waals surface area contributed by atoms with Crippen molar-refractivity contribution in [2.75, 3.05) is 18.0 Å². The van der Waals surface area contributed by atoms with Crippen LogP contribution >= 0.6 is 0 Å². The second-order valence-corrected chi connectivity index (χ2v) is 8.06. The normalized spacial score (nSPS) is 16.0. The van der Waals surface area contributed by atoms with Crippen LogP contribution in [0.25, 0.3) is 0 Å². The van der Waals surface area contributed by atoms with E-state index < -0.39 is 21.3 Å². The van der Waals surface area contributed by atoms with Crippen molar-refractivity contribution in [1.82, 2.24) is 4.72 Å². The first-order valence-electron chi connectivity index (χ1n) is 7.12. The molecule has 1 saturated heterocycles. The summed E-state index contributed by atoms with van der Waals surface area (Å²) in [4.78, 5) is 14.2. The van der Waals surface area contributed by atoms with Crippen LogP contribution in [0, 0.1) is 5.41 Å². The highest BCUT2D eigenvalue weighted by atomic mass is 32.2. The van der Waals surface area contributed by atoms with Gasteiger partial charge in [0.1, 0.15) is 0 Å². The van der Waals surface area contributed by atoms with Gasteiger partial charge in [-0.1, -0.05) is 20.8 Å². The Balaban J connectivity index is 2.15. The van der Waals surface area contributed by atoms with E-state index in [0.717, 1.165) is 18.8 Å². The third-order valence-corrected chi connectivity index (χ3v) is 4.87. The lowest BCUT2D eigenvalue weighted by Crippen LogP contribution is -2.38. The molecule has 2 rings (SSSR count). The summed E-state index contributed by atoms with van der Waals surface area (Å²) < 4.78 is 26.5. The first kappa shape index (κ1) is 15.8. The number of anilines is 1. The highest BCUT2D eigenvalue weighted by Crippen LogP contribution is 2.22. The minimum Gasteiger partial charge on any atom is -0.372 e. The van der Waals surface area contributed by atoms with Crippen LogP contribution in [0.15, 0.2) is 29.2 Å². The summed E-state index contributed by atoms with van der Waals surface area (Å²) in [5.41, 5.74) is 0.274. The van der Waals surface area contributed by atoms with E-state index in [2.05, 4.69) is 9.62 Å². The topological polar surface area (TPSA) is 66.5 Å². The van der Waals surface area contributed by atoms with Gasteiger partial charge in [0.25, 0.3) is 10.0 Å². The average Bonchev–Trinajstić information content (AvgIpc) is 2.91. The molecular formula is C15H22N2O3S. The van der Waals surface area contributed by atoms with E-state index in [1.165, 1.54) is 12.8 Å². The lowest BCUT2D eigenvalue weighted by atomic mass is 9.96. The number of rotatable bonds is 3. The van der Waals surface area contributed by atoms with Crippen molar-refractivity contribution in [3.63, 3.8) is 0 Å². The molecule has 1 aliphatic rings. The van der Waals surface area contributed by atoms with Gasteiger partial charge in [0.05, 0.1) is 4.90 Å². The van der Waals surface area contributed by atoms with Crippen LogP contribution in [-0.2, 0) is 14.8 Å². The molecule has 21 heavy (non-hydrogen) atoms. The summed E-state index contributed by atoms with van der Waals surface area (Å²) in [6, 6.07) is 6.68. The van der Waals surface area contributed by atoms with Gasteiger partial charge in [-0.25, -0.2) is 13.1 Å². The largest absolute Gasteiger partial charge is 0.372 e. The average molecular weight is 310 g/mol. The summed E-state index contributed by atoms with van der Waals surface area (Å²) in [6.07, 6.45) is 2.34. The molecule has 5 nitrogen and oxygen atoms in total. The van der Waals surface area contributed by atoms with Crippen LogP contribution in [0.3, 0.4) is 0 Å². The molecule has 1 amide bonds. The van der Waals surface area contributed by atoms with Crippen LogP contribution in [-0.4, -0.2) is 27.4 Å². The molecular weight excluding hydrogens is 288 g/mol. The van der Waals surface area contributed by atoms with Gasteiger partial charge in [-0.3, -0.25) is 4.79 Å². The number of carbonyl (C=O) groups excluding carboxylic acids is 1. The minimum atomic E-state index is -3.80. The number of nitrogens with one attached hydrogen (secondary N) is 1. The second kappa shape index (κ2) is 5.67. The Morgan fingerprint density at radius 2 is 1.62 bits per heavy atom. The van der Waals surface area contributed by atoms with Gasteiger partial charge < -0.3 is 4.90 Å². The van der Waals surface area contributed by atoms with Gasteiger partial charge in [-0.05, 0) is 37.1 Å². The van der Waals surface area contributed by atoms with E-state index in [1.54, 1.807) is 45.0 Å². The molecule has 0 radical (unpaired) electrons. The third-order valence-electron chi connectivity index (χ3n) is 3.53. The second-order valence-electron chi connectivity index (χ2n) is 6.37. The van der Waals surface area contributed by atoms with Crippen LogP contribution < -0.4 is 9.62 Å². The Kier molecular flexibility index (Phi) is 4.27. The zero-order valence-corrected chi connectivity index (χ0v) is 13.5. The molecule has 1 aromatic carbocycles. The van der Waals surface area contributed by atoms with E-state index in [1.807, 2.05) is 0 Å². The number of carbonyl (C=O) groups is 1. The summed E-state index contributed by atoms with van der Waals surface area (Å²) in [5, 5.41) is 0. The smallest absolute Gasteiger partial charge is 0.264 e. The zero-order valence-electron chi connectivity index (χ0n) is 12.7. The van der Waals surface area contributed by atoms with Gasteiger partial charge in [0.2, 0.25) is 5.91 Å². The van der Waals surface area contributed by atoms with Crippen molar-refractivity contribution in [3.8, 4) is 0 Å². The number of hydrogen-bond acceptors (Lipinski definition) is 4. The zero-order chi connectivity index (χ0) is 15.7. The Labute approximate surface area is 126 Å². The number of benzene rings is 1. The third kappa shape index (κ3) is 3.75. The predicted octanol–water partition coefficient (Wildman–Crippen LogP) is 2.14. The molecule has 0 spiro atoms. The maximum atomic E-state index is 12.2. The van der Waals surface area contributed by atoms with Crippen LogP contribution in [0.5, 0.6) is 0 Å². The molecule has 1 N–H and O–H groups in total. The van der Waals surface area contributed by atoms with Gasteiger partial charge >= 0.3 is 0 Å². The molecule has 1 aliphatic heterocycles. The number of hydrogen-bond donors (Lipinski definition) is 1. The SMILES string of the molecule is CC(C)(C)C(=O)NS(=O)(=O)c1ccc(N2CCCC2)cc1. The molecule has 0 bridgehead atoms. The van der Waals surface area contributed by atoms with Crippen molar-refractivity contribution < 1.29 is 13.2 Å². The summed E-state index contributed by atoms with van der Waals surface area (Å²) in [5.74, 6) is -0.508. The van der Waals surface area contributed by atoms with Crippen LogP contribution in [0.1, 0.15) is 33.6 Å². The van der Waals surface area contributed by atoms with Crippen LogP contribution in [0.4, 0.5) is 5.69 Å². The van der Waals surface area contributed by atoms with Crippen molar-refractivity contribution >= 4 is 21.6 Å². The first-order valence-corrected chi connectivity index (χ1v) is 8.61. The van der Waals surface area contributed by atoms with Gasteiger partial charge in [0, 0.05) is 24.2 Å². The van der Waals surface area contributed by atoms with Gasteiger partial charge in [-0.2, -0.15) is 0 Å². The Morgan fingerprint density at radius 1 is 1.10 bits per heavy atom. The standard InChI is InChI=1S/C15H22N2O3S/c1-15(2,3)14(18)16-21(19,20)13-8-6-12(7-9-13)17-10-4-5-11-17/h6-9H,4-5,10-11H2,1-3H3,(H,16,18). The maximum Gasteiger partial charge on any atom is 0.264 e. The summed E-state index contributed by atoms with van der Waals surface area (Å²) >= 11 is 0. The van der Waals surface area contributed by atoms with E-state index in [9.17, 15) is 13.2 Å². The van der Waals surface area contributed by atoms with E-state index in [-0.39, 0.29) is 4.90 Å². The van der Waals surface area contributed by atoms with Crippen molar-refractivity contribution in [2.45, 2.75) is 38.5 Å². The lowest BCUT2D eigenvalue weighted by Gasteiger charge is -2.19. The van der Waals surface area contributed by atoms with Crippen molar-refractivity contribution in [3.05, 3.63) is 24.3 Å². The highest BCUT2D eigenvalue weighted by molar-refractivity contribution is 7.90. The molecule has 0 aliphatic carbocycles. The fourth-order valence-corrected chi connectivity index (χ4v) is 3.31. The van der Waals surface area contributed by atoms with E-state index >= 15 is 0 Å².